The van der Waals surface area contributed by atoms with Gasteiger partial charge in [0.25, 0.3) is 0 Å². The third-order valence-electron chi connectivity index (χ3n) is 13.1. The van der Waals surface area contributed by atoms with Crippen LogP contribution in [-0.2, 0) is 0 Å². The molecule has 0 radical (unpaired) electrons. The Hall–Kier alpha value is -7.98. The highest BCUT2D eigenvalue weighted by atomic mass is 28.3. The van der Waals surface area contributed by atoms with Crippen molar-refractivity contribution in [3.05, 3.63) is 255 Å². The first-order valence-electron chi connectivity index (χ1n) is 21.8. The van der Waals surface area contributed by atoms with Gasteiger partial charge in [-0.15, -0.1) is 0 Å². The zero-order chi connectivity index (χ0) is 41.7. The average Bonchev–Trinajstić information content (AvgIpc) is 3.89. The second-order valence-corrected chi connectivity index (χ2v) is 20.2. The van der Waals surface area contributed by atoms with Crippen molar-refractivity contribution in [2.24, 2.45) is 0 Å². The van der Waals surface area contributed by atoms with E-state index in [2.05, 4.69) is 264 Å². The number of nitrogens with zero attached hydrogens (tertiary/aromatic N) is 2. The van der Waals surface area contributed by atoms with Gasteiger partial charge in [-0.2, -0.15) is 0 Å². The molecule has 2 nitrogen and oxygen atoms in total. The molecule has 0 fully saturated rings. The van der Waals surface area contributed by atoms with Gasteiger partial charge in [0.05, 0.1) is 27.8 Å². The van der Waals surface area contributed by atoms with Gasteiger partial charge in [0.2, 0.25) is 0 Å². The summed E-state index contributed by atoms with van der Waals surface area (Å²) in [5, 5.41) is 10.5. The van der Waals surface area contributed by atoms with Gasteiger partial charge >= 0.3 is 0 Å². The number of hydrogen-bond donors (Lipinski definition) is 0. The fourth-order valence-corrected chi connectivity index (χ4v) is 15.5. The second-order valence-electron chi connectivity index (χ2n) is 16.4. The standard InChI is InChI=1S/C60H42N2Si/c1-6-22-43(23-7-1)49-32-16-18-36-54(49)62-55-37-19-17-33-51(55)52-41-40-45(42-57(52)62)61-56-38-21-39-58(59(56)53-35-20-34-50(60(53)61)44-24-8-2-9-25-44)63(46-26-10-3-11-27-46,47-28-12-4-13-29-47)48-30-14-5-15-31-48/h1-42H. The summed E-state index contributed by atoms with van der Waals surface area (Å²) in [6, 6.07) is 94.3. The molecule has 0 aliphatic carbocycles. The minimum absolute atomic E-state index is 1.12. The van der Waals surface area contributed by atoms with Crippen LogP contribution in [0.15, 0.2) is 255 Å². The molecule has 296 valence electrons. The minimum Gasteiger partial charge on any atom is -0.309 e. The van der Waals surface area contributed by atoms with Crippen LogP contribution in [0.1, 0.15) is 0 Å². The van der Waals surface area contributed by atoms with E-state index in [-0.39, 0.29) is 0 Å². The topological polar surface area (TPSA) is 9.86 Å². The Morgan fingerprint density at radius 1 is 0.302 bits per heavy atom. The van der Waals surface area contributed by atoms with Gasteiger partial charge in [0.15, 0.2) is 8.07 Å². The van der Waals surface area contributed by atoms with Crippen molar-refractivity contribution in [2.45, 2.75) is 0 Å². The summed E-state index contributed by atoms with van der Waals surface area (Å²) in [6.07, 6.45) is 0. The summed E-state index contributed by atoms with van der Waals surface area (Å²) in [5.41, 5.74) is 11.8. The Labute approximate surface area is 368 Å². The highest BCUT2D eigenvalue weighted by Crippen LogP contribution is 2.41. The third kappa shape index (κ3) is 5.78. The molecule has 3 heteroatoms. The molecule has 0 aliphatic heterocycles. The van der Waals surface area contributed by atoms with Crippen LogP contribution in [0.2, 0.25) is 0 Å². The van der Waals surface area contributed by atoms with Gasteiger partial charge in [-0.25, -0.2) is 0 Å². The van der Waals surface area contributed by atoms with Crippen molar-refractivity contribution in [1.82, 2.24) is 9.13 Å². The summed E-state index contributed by atoms with van der Waals surface area (Å²) in [6.45, 7) is 0. The van der Waals surface area contributed by atoms with Gasteiger partial charge < -0.3 is 9.13 Å². The van der Waals surface area contributed by atoms with E-state index >= 15 is 0 Å². The van der Waals surface area contributed by atoms with E-state index in [1.807, 2.05) is 0 Å². The average molecular weight is 819 g/mol. The molecular weight excluding hydrogens is 777 g/mol. The maximum Gasteiger partial charge on any atom is 0.180 e. The molecule has 0 spiro atoms. The molecule has 63 heavy (non-hydrogen) atoms. The van der Waals surface area contributed by atoms with Crippen molar-refractivity contribution in [3.8, 4) is 33.6 Å². The molecule has 12 aromatic rings. The normalized spacial score (nSPS) is 11.8. The van der Waals surface area contributed by atoms with E-state index in [9.17, 15) is 0 Å². The van der Waals surface area contributed by atoms with E-state index in [1.54, 1.807) is 0 Å². The number of fused-ring (bicyclic) bond motifs is 6. The first-order valence-corrected chi connectivity index (χ1v) is 23.8. The molecule has 0 unspecified atom stereocenters. The van der Waals surface area contributed by atoms with Gasteiger partial charge in [0.1, 0.15) is 0 Å². The molecule has 2 aromatic heterocycles. The smallest absolute Gasteiger partial charge is 0.180 e. The van der Waals surface area contributed by atoms with Crippen molar-refractivity contribution >= 4 is 72.4 Å². The summed E-state index contributed by atoms with van der Waals surface area (Å²) >= 11 is 0. The molecule has 2 heterocycles. The lowest BCUT2D eigenvalue weighted by molar-refractivity contribution is 1.16. The predicted octanol–water partition coefficient (Wildman–Crippen LogP) is 12.6. The van der Waals surface area contributed by atoms with E-state index in [0.29, 0.717) is 0 Å². The zero-order valence-corrected chi connectivity index (χ0v) is 35.6. The van der Waals surface area contributed by atoms with Gasteiger partial charge in [-0.3, -0.25) is 0 Å². The van der Waals surface area contributed by atoms with E-state index in [0.717, 1.165) is 11.4 Å². The van der Waals surface area contributed by atoms with Crippen molar-refractivity contribution < 1.29 is 0 Å². The highest BCUT2D eigenvalue weighted by molar-refractivity contribution is 7.20. The van der Waals surface area contributed by atoms with Crippen LogP contribution >= 0.6 is 0 Å². The van der Waals surface area contributed by atoms with Gasteiger partial charge in [0, 0.05) is 38.4 Å². The van der Waals surface area contributed by atoms with E-state index in [4.69, 9.17) is 0 Å². The molecule has 12 rings (SSSR count). The number of benzene rings is 10. The number of rotatable bonds is 8. The van der Waals surface area contributed by atoms with Crippen molar-refractivity contribution in [3.63, 3.8) is 0 Å². The summed E-state index contributed by atoms with van der Waals surface area (Å²) in [5.74, 6) is 0. The van der Waals surface area contributed by atoms with Crippen LogP contribution in [-0.4, -0.2) is 17.2 Å². The molecule has 0 N–H and O–H groups in total. The second kappa shape index (κ2) is 15.2. The van der Waals surface area contributed by atoms with Gasteiger partial charge in [-0.1, -0.05) is 224 Å². The number of aromatic nitrogens is 2. The Bertz CT molecular complexity index is 3500. The lowest BCUT2D eigenvalue weighted by Gasteiger charge is -2.35. The Balaban J connectivity index is 1.23. The zero-order valence-electron chi connectivity index (χ0n) is 34.6. The van der Waals surface area contributed by atoms with Crippen LogP contribution in [0, 0.1) is 0 Å². The molecule has 0 bridgehead atoms. The van der Waals surface area contributed by atoms with E-state index in [1.165, 1.54) is 86.6 Å². The Morgan fingerprint density at radius 2 is 0.778 bits per heavy atom. The fraction of sp³-hybridized carbons (Fsp3) is 0. The maximum absolute atomic E-state index is 2.94. The van der Waals surface area contributed by atoms with Crippen LogP contribution < -0.4 is 20.7 Å². The van der Waals surface area contributed by atoms with Crippen LogP contribution in [0.5, 0.6) is 0 Å². The summed E-state index contributed by atoms with van der Waals surface area (Å²) in [4.78, 5) is 0. The molecule has 0 saturated heterocycles. The largest absolute Gasteiger partial charge is 0.309 e. The Kier molecular flexibility index (Phi) is 8.87. The molecule has 0 atom stereocenters. The molecular formula is C60H42N2Si. The quantitative estimate of drug-likeness (QED) is 0.107. The van der Waals surface area contributed by atoms with Crippen molar-refractivity contribution in [1.29, 1.82) is 0 Å². The Morgan fingerprint density at radius 3 is 1.43 bits per heavy atom. The van der Waals surface area contributed by atoms with Crippen LogP contribution in [0.4, 0.5) is 0 Å². The molecule has 0 saturated carbocycles. The number of hydrogen-bond acceptors (Lipinski definition) is 0. The highest BCUT2D eigenvalue weighted by Gasteiger charge is 2.43. The molecule has 0 amide bonds. The molecule has 10 aromatic carbocycles. The first-order chi connectivity index (χ1) is 31.3. The van der Waals surface area contributed by atoms with E-state index < -0.39 is 8.07 Å². The summed E-state index contributed by atoms with van der Waals surface area (Å²) < 4.78 is 5.03. The van der Waals surface area contributed by atoms with Gasteiger partial charge in [-0.05, 0) is 62.2 Å². The van der Waals surface area contributed by atoms with Crippen LogP contribution in [0.3, 0.4) is 0 Å². The van der Waals surface area contributed by atoms with Crippen LogP contribution in [0.25, 0.3) is 77.2 Å². The fourth-order valence-electron chi connectivity index (χ4n) is 10.5. The minimum atomic E-state index is -2.94. The first kappa shape index (κ1) is 36.8. The summed E-state index contributed by atoms with van der Waals surface area (Å²) in [7, 11) is -2.94. The number of para-hydroxylation sites is 3. The molecule has 0 aliphatic rings. The van der Waals surface area contributed by atoms with Crippen molar-refractivity contribution in [2.75, 3.05) is 0 Å². The SMILES string of the molecule is c1ccc(-c2ccccc2-n2c3ccccc3c3ccc(-n4c5cccc([Si](c6ccccc6)(c6ccccc6)c6ccccc6)c5c5cccc(-c6ccccc6)c54)cc32)cc1. The third-order valence-corrected chi connectivity index (χ3v) is 17.9. The lowest BCUT2D eigenvalue weighted by Crippen LogP contribution is -2.74. The maximum atomic E-state index is 2.56. The lowest BCUT2D eigenvalue weighted by atomic mass is 10.0. The predicted molar refractivity (Wildman–Crippen MR) is 270 cm³/mol. The monoisotopic (exact) mass is 818 g/mol.